The maximum atomic E-state index is 12.7. The number of aromatic nitrogens is 1. The molecule has 1 heterocycles. The van der Waals surface area contributed by atoms with E-state index in [9.17, 15) is 8.78 Å². The van der Waals surface area contributed by atoms with Crippen LogP contribution in [0.1, 0.15) is 12.1 Å². The third-order valence-electron chi connectivity index (χ3n) is 2.49. The summed E-state index contributed by atoms with van der Waals surface area (Å²) in [6.45, 7) is -0.0244. The molecule has 86 valence electrons. The number of rotatable bonds is 2. The molecule has 0 aliphatic rings. The van der Waals surface area contributed by atoms with Gasteiger partial charge in [0.2, 0.25) is 0 Å². The van der Waals surface area contributed by atoms with Crippen LogP contribution in [0.25, 0.3) is 10.9 Å². The minimum atomic E-state index is -2.59. The average Bonchev–Trinajstić information content (AvgIpc) is 2.62. The van der Waals surface area contributed by atoms with E-state index in [4.69, 9.17) is 23.1 Å². The minimum absolute atomic E-state index is 0.0244. The second kappa shape index (κ2) is 3.92. The predicted molar refractivity (Wildman–Crippen MR) is 60.5 cm³/mol. The topological polar surface area (TPSA) is 57.0 Å². The Morgan fingerprint density at radius 2 is 2.06 bits per heavy atom. The molecule has 0 saturated heterocycles. The Morgan fingerprint density at radius 1 is 1.38 bits per heavy atom. The highest BCUT2D eigenvalue weighted by atomic mass is 35.5. The van der Waals surface area contributed by atoms with Gasteiger partial charge in [-0.3, -0.25) is 0 Å². The van der Waals surface area contributed by atoms with Gasteiger partial charge in [0, 0.05) is 5.39 Å². The molecule has 0 unspecified atom stereocenters. The normalized spacial score (nSPS) is 11.6. The molecule has 0 fully saturated rings. The predicted octanol–water partition coefficient (Wildman–Crippen LogP) is 2.73. The maximum absolute atomic E-state index is 12.7. The molecule has 1 aromatic heterocycles. The van der Waals surface area contributed by atoms with E-state index in [0.717, 1.165) is 0 Å². The first kappa shape index (κ1) is 11.2. The Kier molecular flexibility index (Phi) is 2.73. The first-order valence-electron chi connectivity index (χ1n) is 4.61. The molecule has 2 aromatic rings. The van der Waals surface area contributed by atoms with Gasteiger partial charge in [-0.1, -0.05) is 11.6 Å². The van der Waals surface area contributed by atoms with Crippen LogP contribution in [0.4, 0.5) is 14.5 Å². The lowest BCUT2D eigenvalue weighted by Crippen LogP contribution is -2.10. The fraction of sp³-hybridized carbons (Fsp3) is 0.200. The zero-order valence-corrected chi connectivity index (χ0v) is 9.01. The van der Waals surface area contributed by atoms with E-state index < -0.39 is 6.43 Å². The van der Waals surface area contributed by atoms with Crippen molar-refractivity contribution in [2.75, 3.05) is 5.73 Å². The van der Waals surface area contributed by atoms with Crippen LogP contribution in [0.15, 0.2) is 18.2 Å². The summed E-state index contributed by atoms with van der Waals surface area (Å²) >= 11 is 5.95. The summed E-state index contributed by atoms with van der Waals surface area (Å²) in [7, 11) is 0. The molecule has 0 aliphatic carbocycles. The molecule has 0 amide bonds. The van der Waals surface area contributed by atoms with E-state index in [2.05, 4.69) is 0 Å². The molecular weight excluding hydrogens is 236 g/mol. The Morgan fingerprint density at radius 3 is 2.62 bits per heavy atom. The Balaban J connectivity index is 2.81. The Labute approximate surface area is 95.6 Å². The number of anilines is 1. The molecule has 0 radical (unpaired) electrons. The number of hydrogen-bond donors (Lipinski definition) is 2. The lowest BCUT2D eigenvalue weighted by atomic mass is 10.2. The lowest BCUT2D eigenvalue weighted by molar-refractivity contribution is 0.141. The van der Waals surface area contributed by atoms with Gasteiger partial charge in [0.1, 0.15) is 0 Å². The average molecular weight is 246 g/mol. The van der Waals surface area contributed by atoms with Crippen molar-refractivity contribution in [1.29, 1.82) is 0 Å². The molecule has 0 atom stereocenters. The third kappa shape index (κ3) is 1.52. The first-order valence-corrected chi connectivity index (χ1v) is 4.99. The SMILES string of the molecule is NCn1c(C(F)F)cc2c(Cl)c(N)ccc21. The van der Waals surface area contributed by atoms with Crippen LogP contribution in [-0.4, -0.2) is 4.57 Å². The Hall–Kier alpha value is -1.33. The molecule has 3 nitrogen and oxygen atoms in total. The van der Waals surface area contributed by atoms with Crippen molar-refractivity contribution in [2.45, 2.75) is 13.1 Å². The van der Waals surface area contributed by atoms with Crippen molar-refractivity contribution >= 4 is 28.2 Å². The van der Waals surface area contributed by atoms with Gasteiger partial charge in [-0.15, -0.1) is 0 Å². The monoisotopic (exact) mass is 245 g/mol. The number of halogens is 3. The summed E-state index contributed by atoms with van der Waals surface area (Å²) in [6.07, 6.45) is -2.59. The quantitative estimate of drug-likeness (QED) is 0.800. The van der Waals surface area contributed by atoms with Crippen LogP contribution in [0.5, 0.6) is 0 Å². The number of nitrogens with two attached hydrogens (primary N) is 2. The van der Waals surface area contributed by atoms with E-state index in [1.807, 2.05) is 0 Å². The van der Waals surface area contributed by atoms with Gasteiger partial charge in [-0.05, 0) is 18.2 Å². The highest BCUT2D eigenvalue weighted by Crippen LogP contribution is 2.34. The number of fused-ring (bicyclic) bond motifs is 1. The van der Waals surface area contributed by atoms with Crippen LogP contribution in [0.2, 0.25) is 5.02 Å². The van der Waals surface area contributed by atoms with Crippen molar-refractivity contribution in [2.24, 2.45) is 5.73 Å². The molecule has 1 aromatic carbocycles. The first-order chi connectivity index (χ1) is 7.56. The van der Waals surface area contributed by atoms with Crippen LogP contribution in [-0.2, 0) is 6.67 Å². The molecule has 2 rings (SSSR count). The Bertz CT molecular complexity index is 536. The molecule has 0 spiro atoms. The molecule has 0 saturated carbocycles. The third-order valence-corrected chi connectivity index (χ3v) is 2.91. The molecular formula is C10H10ClF2N3. The van der Waals surface area contributed by atoms with Crippen LogP contribution in [0.3, 0.4) is 0 Å². The van der Waals surface area contributed by atoms with Crippen LogP contribution < -0.4 is 11.5 Å². The summed E-state index contributed by atoms with van der Waals surface area (Å²) in [5.74, 6) is 0. The summed E-state index contributed by atoms with van der Waals surface area (Å²) < 4.78 is 26.8. The van der Waals surface area contributed by atoms with Gasteiger partial charge < -0.3 is 16.0 Å². The van der Waals surface area contributed by atoms with Gasteiger partial charge in [0.15, 0.2) is 0 Å². The van der Waals surface area contributed by atoms with E-state index in [1.54, 1.807) is 12.1 Å². The van der Waals surface area contributed by atoms with E-state index in [1.165, 1.54) is 10.6 Å². The number of hydrogen-bond acceptors (Lipinski definition) is 2. The highest BCUT2D eigenvalue weighted by Gasteiger charge is 2.18. The number of benzene rings is 1. The standard InChI is InChI=1S/C10H10ClF2N3/c11-9-5-3-8(10(12)13)16(4-14)7(5)2-1-6(9)15/h1-3,10H,4,14-15H2. The zero-order valence-electron chi connectivity index (χ0n) is 8.25. The van der Waals surface area contributed by atoms with Crippen LogP contribution in [0, 0.1) is 0 Å². The van der Waals surface area contributed by atoms with Crippen molar-refractivity contribution < 1.29 is 8.78 Å². The maximum Gasteiger partial charge on any atom is 0.278 e. The molecule has 4 N–H and O–H groups in total. The summed E-state index contributed by atoms with van der Waals surface area (Å²) in [6, 6.07) is 4.53. The second-order valence-corrected chi connectivity index (χ2v) is 3.76. The minimum Gasteiger partial charge on any atom is -0.398 e. The van der Waals surface area contributed by atoms with Crippen molar-refractivity contribution in [3.63, 3.8) is 0 Å². The summed E-state index contributed by atoms with van der Waals surface area (Å²) in [5.41, 5.74) is 11.8. The van der Waals surface area contributed by atoms with Crippen molar-refractivity contribution in [3.8, 4) is 0 Å². The van der Waals surface area contributed by atoms with E-state index in [0.29, 0.717) is 16.6 Å². The highest BCUT2D eigenvalue weighted by molar-refractivity contribution is 6.38. The molecule has 0 bridgehead atoms. The number of nitrogen functional groups attached to an aromatic ring is 1. The van der Waals surface area contributed by atoms with Gasteiger partial charge in [-0.2, -0.15) is 0 Å². The lowest BCUT2D eigenvalue weighted by Gasteiger charge is -2.06. The van der Waals surface area contributed by atoms with E-state index in [-0.39, 0.29) is 17.4 Å². The summed E-state index contributed by atoms with van der Waals surface area (Å²) in [5, 5.41) is 0.786. The zero-order chi connectivity index (χ0) is 11.9. The van der Waals surface area contributed by atoms with Gasteiger partial charge >= 0.3 is 0 Å². The van der Waals surface area contributed by atoms with Crippen LogP contribution >= 0.6 is 11.6 Å². The fourth-order valence-corrected chi connectivity index (χ4v) is 1.94. The fourth-order valence-electron chi connectivity index (χ4n) is 1.72. The van der Waals surface area contributed by atoms with Crippen molar-refractivity contribution in [3.05, 3.63) is 28.9 Å². The smallest absolute Gasteiger partial charge is 0.278 e. The van der Waals surface area contributed by atoms with Gasteiger partial charge in [0.05, 0.1) is 28.6 Å². The second-order valence-electron chi connectivity index (χ2n) is 3.38. The number of nitrogens with zero attached hydrogens (tertiary/aromatic N) is 1. The largest absolute Gasteiger partial charge is 0.398 e. The number of alkyl halides is 2. The van der Waals surface area contributed by atoms with Gasteiger partial charge in [-0.25, -0.2) is 8.78 Å². The molecule has 16 heavy (non-hydrogen) atoms. The van der Waals surface area contributed by atoms with E-state index >= 15 is 0 Å². The summed E-state index contributed by atoms with van der Waals surface area (Å²) in [4.78, 5) is 0. The molecule has 0 aliphatic heterocycles. The van der Waals surface area contributed by atoms with Gasteiger partial charge in [0.25, 0.3) is 6.43 Å². The van der Waals surface area contributed by atoms with Crippen molar-refractivity contribution in [1.82, 2.24) is 4.57 Å². The molecule has 6 heteroatoms.